The van der Waals surface area contributed by atoms with Gasteiger partial charge in [0.25, 0.3) is 11.1 Å². The minimum atomic E-state index is -0.358. The molecule has 140 valence electrons. The molecule has 0 aromatic carbocycles. The molecule has 0 amide bonds. The summed E-state index contributed by atoms with van der Waals surface area (Å²) in [6.45, 7) is 1.00. The third-order valence-corrected chi connectivity index (χ3v) is 5.87. The molecule has 2 N–H and O–H groups in total. The number of thiophene rings is 1. The number of thioether (sulfide) groups is 1. The van der Waals surface area contributed by atoms with Gasteiger partial charge in [-0.3, -0.25) is 14.6 Å². The van der Waals surface area contributed by atoms with Crippen molar-refractivity contribution in [2.45, 2.75) is 4.21 Å². The number of hydrogen-bond donors (Lipinski definition) is 2. The van der Waals surface area contributed by atoms with Crippen LogP contribution >= 0.6 is 23.1 Å². The molecule has 27 heavy (non-hydrogen) atoms. The highest BCUT2D eigenvalue weighted by Gasteiger charge is 2.02. The second kappa shape index (κ2) is 8.98. The van der Waals surface area contributed by atoms with Gasteiger partial charge in [0.2, 0.25) is 0 Å². The van der Waals surface area contributed by atoms with Crippen LogP contribution in [0.15, 0.2) is 50.3 Å². The predicted molar refractivity (Wildman–Crippen MR) is 112 cm³/mol. The van der Waals surface area contributed by atoms with E-state index in [0.717, 1.165) is 17.2 Å². The van der Waals surface area contributed by atoms with Crippen molar-refractivity contribution in [1.29, 1.82) is 0 Å². The van der Waals surface area contributed by atoms with Gasteiger partial charge in [-0.1, -0.05) is 6.07 Å². The maximum Gasteiger partial charge on any atom is 0.272 e. The number of nitrogens with zero attached hydrogens (tertiary/aromatic N) is 2. The van der Waals surface area contributed by atoms with E-state index < -0.39 is 0 Å². The SMILES string of the molecule is CN(C)CCSc1ccc(/C=c2\[nH]c(=O)/c(=C/c3ccccn3)[nH]c2=O)s1. The maximum atomic E-state index is 12.3. The van der Waals surface area contributed by atoms with Crippen LogP contribution in [-0.2, 0) is 0 Å². The number of hydrogen-bond acceptors (Lipinski definition) is 6. The van der Waals surface area contributed by atoms with E-state index in [0.29, 0.717) is 5.69 Å². The van der Waals surface area contributed by atoms with Gasteiger partial charge in [0.05, 0.1) is 9.90 Å². The third-order valence-electron chi connectivity index (χ3n) is 3.64. The van der Waals surface area contributed by atoms with Crippen molar-refractivity contribution in [1.82, 2.24) is 19.9 Å². The minimum absolute atomic E-state index is 0.182. The lowest BCUT2D eigenvalue weighted by molar-refractivity contribution is 0.437. The molecular weight excluding hydrogens is 380 g/mol. The lowest BCUT2D eigenvalue weighted by atomic mass is 10.3. The number of aromatic amines is 2. The number of nitrogens with one attached hydrogen (secondary N) is 2. The summed E-state index contributed by atoms with van der Waals surface area (Å²) in [5.41, 5.74) is -0.0938. The molecule has 0 aliphatic carbocycles. The van der Waals surface area contributed by atoms with Gasteiger partial charge in [-0.2, -0.15) is 0 Å². The Morgan fingerprint density at radius 2 is 1.81 bits per heavy atom. The topological polar surface area (TPSA) is 81.8 Å². The quantitative estimate of drug-likeness (QED) is 0.599. The Morgan fingerprint density at radius 1 is 1.07 bits per heavy atom. The molecule has 3 aromatic rings. The molecule has 8 heteroatoms. The highest BCUT2D eigenvalue weighted by Crippen LogP contribution is 2.27. The Balaban J connectivity index is 1.87. The van der Waals surface area contributed by atoms with Crippen molar-refractivity contribution < 1.29 is 0 Å². The van der Waals surface area contributed by atoms with Gasteiger partial charge in [0.15, 0.2) is 0 Å². The number of H-pyrrole nitrogens is 2. The average Bonchev–Trinajstić information content (AvgIpc) is 3.07. The fraction of sp³-hybridized carbons (Fsp3) is 0.211. The van der Waals surface area contributed by atoms with Crippen molar-refractivity contribution in [3.63, 3.8) is 0 Å². The van der Waals surface area contributed by atoms with Crippen molar-refractivity contribution in [2.24, 2.45) is 0 Å². The van der Waals surface area contributed by atoms with Crippen LogP contribution in [0.4, 0.5) is 0 Å². The molecule has 0 saturated heterocycles. The van der Waals surface area contributed by atoms with Crippen LogP contribution in [0.1, 0.15) is 10.6 Å². The van der Waals surface area contributed by atoms with Gasteiger partial charge in [0, 0.05) is 23.4 Å². The lowest BCUT2D eigenvalue weighted by Crippen LogP contribution is -2.46. The van der Waals surface area contributed by atoms with Crippen LogP contribution in [0.5, 0.6) is 0 Å². The first-order valence-corrected chi connectivity index (χ1v) is 10.2. The summed E-state index contributed by atoms with van der Waals surface area (Å²) in [5.74, 6) is 1.00. The van der Waals surface area contributed by atoms with Crippen molar-refractivity contribution >= 4 is 35.3 Å². The number of aromatic nitrogens is 3. The maximum absolute atomic E-state index is 12.3. The standard InChI is InChI=1S/C19H20N4O2S2/c1-23(2)9-10-26-17-7-6-14(27-17)12-16-19(25)21-15(18(24)22-16)11-13-5-3-4-8-20-13/h3-8,11-12H,9-10H2,1-2H3,(H,21,25)(H,22,24)/b15-11-,16-12-. The first-order valence-electron chi connectivity index (χ1n) is 8.36. The molecule has 3 rings (SSSR count). The van der Waals surface area contributed by atoms with Gasteiger partial charge in [-0.25, -0.2) is 0 Å². The normalized spacial score (nSPS) is 12.9. The zero-order valence-electron chi connectivity index (χ0n) is 15.1. The van der Waals surface area contributed by atoms with E-state index in [4.69, 9.17) is 0 Å². The van der Waals surface area contributed by atoms with Crippen LogP contribution in [0, 0.1) is 0 Å². The second-order valence-electron chi connectivity index (χ2n) is 6.09. The fourth-order valence-electron chi connectivity index (χ4n) is 2.27. The van der Waals surface area contributed by atoms with Gasteiger partial charge in [-0.15, -0.1) is 23.1 Å². The van der Waals surface area contributed by atoms with Crippen LogP contribution in [0.2, 0.25) is 0 Å². The molecule has 6 nitrogen and oxygen atoms in total. The Morgan fingerprint density at radius 3 is 2.48 bits per heavy atom. The Labute approximate surface area is 164 Å². The Kier molecular flexibility index (Phi) is 6.44. The van der Waals surface area contributed by atoms with E-state index in [1.807, 2.05) is 32.3 Å². The van der Waals surface area contributed by atoms with E-state index in [9.17, 15) is 9.59 Å². The minimum Gasteiger partial charge on any atom is -0.316 e. The predicted octanol–water partition coefficient (Wildman–Crippen LogP) is 0.831. The molecule has 3 heterocycles. The number of rotatable bonds is 6. The summed E-state index contributed by atoms with van der Waals surface area (Å²) in [4.78, 5) is 37.1. The zero-order chi connectivity index (χ0) is 19.2. The van der Waals surface area contributed by atoms with Crippen LogP contribution in [-0.4, -0.2) is 46.2 Å². The molecule has 0 aliphatic heterocycles. The van der Waals surface area contributed by atoms with Gasteiger partial charge in [-0.05, 0) is 50.5 Å². The first-order chi connectivity index (χ1) is 13.0. The first kappa shape index (κ1) is 19.3. The van der Waals surface area contributed by atoms with Crippen molar-refractivity contribution in [3.05, 3.63) is 78.5 Å². The summed E-state index contributed by atoms with van der Waals surface area (Å²) in [7, 11) is 4.09. The summed E-state index contributed by atoms with van der Waals surface area (Å²) >= 11 is 3.38. The van der Waals surface area contributed by atoms with E-state index in [1.54, 1.807) is 53.6 Å². The molecular formula is C19H20N4O2S2. The molecule has 3 aromatic heterocycles. The molecule has 0 aliphatic rings. The van der Waals surface area contributed by atoms with E-state index in [2.05, 4.69) is 19.9 Å². The van der Waals surface area contributed by atoms with Crippen molar-refractivity contribution in [3.8, 4) is 0 Å². The van der Waals surface area contributed by atoms with E-state index in [1.165, 1.54) is 4.21 Å². The molecule has 0 atom stereocenters. The Hall–Kier alpha value is -2.42. The monoisotopic (exact) mass is 400 g/mol. The Bertz CT molecular complexity index is 1130. The van der Waals surface area contributed by atoms with E-state index in [-0.39, 0.29) is 21.8 Å². The second-order valence-corrected chi connectivity index (χ2v) is 8.60. The van der Waals surface area contributed by atoms with Gasteiger partial charge in [0.1, 0.15) is 10.7 Å². The van der Waals surface area contributed by atoms with Crippen LogP contribution in [0.25, 0.3) is 12.2 Å². The molecule has 0 spiro atoms. The van der Waals surface area contributed by atoms with Gasteiger partial charge < -0.3 is 14.9 Å². The molecule has 0 radical (unpaired) electrons. The fourth-order valence-corrected chi connectivity index (χ4v) is 4.54. The number of pyridine rings is 1. The summed E-state index contributed by atoms with van der Waals surface area (Å²) in [5, 5.41) is 0.423. The van der Waals surface area contributed by atoms with Crippen LogP contribution in [0.3, 0.4) is 0 Å². The smallest absolute Gasteiger partial charge is 0.272 e. The largest absolute Gasteiger partial charge is 0.316 e. The highest BCUT2D eigenvalue weighted by molar-refractivity contribution is 8.01. The summed E-state index contributed by atoms with van der Waals surface area (Å²) in [6, 6.07) is 9.36. The zero-order valence-corrected chi connectivity index (χ0v) is 16.7. The lowest BCUT2D eigenvalue weighted by Gasteiger charge is -2.07. The van der Waals surface area contributed by atoms with Crippen LogP contribution < -0.4 is 21.8 Å². The molecule has 0 bridgehead atoms. The van der Waals surface area contributed by atoms with Gasteiger partial charge >= 0.3 is 0 Å². The van der Waals surface area contributed by atoms with E-state index >= 15 is 0 Å². The highest BCUT2D eigenvalue weighted by atomic mass is 32.2. The third kappa shape index (κ3) is 5.53. The average molecular weight is 401 g/mol. The van der Waals surface area contributed by atoms with Crippen molar-refractivity contribution in [2.75, 3.05) is 26.4 Å². The molecule has 0 fully saturated rings. The molecule has 0 saturated carbocycles. The molecule has 0 unspecified atom stereocenters. The summed E-state index contributed by atoms with van der Waals surface area (Å²) in [6.07, 6.45) is 4.88. The summed E-state index contributed by atoms with van der Waals surface area (Å²) < 4.78 is 1.18.